The topological polar surface area (TPSA) is 78.9 Å². The van der Waals surface area contributed by atoms with Crippen molar-refractivity contribution in [3.05, 3.63) is 22.1 Å². The van der Waals surface area contributed by atoms with Crippen LogP contribution in [0.25, 0.3) is 0 Å². The average Bonchev–Trinajstić information content (AvgIpc) is 1.94. The van der Waals surface area contributed by atoms with E-state index in [0.29, 0.717) is 12.0 Å². The second-order valence-corrected chi connectivity index (χ2v) is 1.78. The Labute approximate surface area is 56.7 Å². The monoisotopic (exact) mass is 141 g/mol. The van der Waals surface area contributed by atoms with Crippen LogP contribution in [0.2, 0.25) is 0 Å². The van der Waals surface area contributed by atoms with Gasteiger partial charge in [0.15, 0.2) is 0 Å². The van der Waals surface area contributed by atoms with Gasteiger partial charge in [-0.15, -0.1) is 5.10 Å². The van der Waals surface area contributed by atoms with Crippen LogP contribution in [0.4, 0.5) is 0 Å². The predicted octanol–water partition coefficient (Wildman–Crippen LogP) is -1.30. The number of aromatic nitrogens is 3. The predicted molar refractivity (Wildman–Crippen MR) is 33.4 cm³/mol. The van der Waals surface area contributed by atoms with Crippen molar-refractivity contribution in [2.75, 3.05) is 6.61 Å². The molecular formula is C5H7N3O2. The fourth-order valence-electron chi connectivity index (χ4n) is 0.602. The van der Waals surface area contributed by atoms with Gasteiger partial charge in [-0.2, -0.15) is 0 Å². The molecule has 0 aliphatic rings. The first-order valence-corrected chi connectivity index (χ1v) is 2.84. The van der Waals surface area contributed by atoms with Crippen LogP contribution in [0.1, 0.15) is 5.56 Å². The molecule has 0 radical (unpaired) electrons. The largest absolute Gasteiger partial charge is 0.396 e. The van der Waals surface area contributed by atoms with Crippen LogP contribution in [-0.2, 0) is 6.42 Å². The van der Waals surface area contributed by atoms with Gasteiger partial charge in [0, 0.05) is 18.6 Å². The number of hydrogen-bond acceptors (Lipinski definition) is 4. The van der Waals surface area contributed by atoms with E-state index in [4.69, 9.17) is 5.11 Å². The molecule has 0 amide bonds. The van der Waals surface area contributed by atoms with Crippen molar-refractivity contribution in [2.45, 2.75) is 6.42 Å². The lowest BCUT2D eigenvalue weighted by Gasteiger charge is -1.91. The first kappa shape index (κ1) is 6.88. The number of hydrogen-bond donors (Lipinski definition) is 2. The zero-order valence-corrected chi connectivity index (χ0v) is 5.24. The van der Waals surface area contributed by atoms with Crippen molar-refractivity contribution in [1.29, 1.82) is 0 Å². The van der Waals surface area contributed by atoms with E-state index in [-0.39, 0.29) is 12.2 Å². The highest BCUT2D eigenvalue weighted by molar-refractivity contribution is 5.01. The molecule has 0 atom stereocenters. The average molecular weight is 141 g/mol. The Hall–Kier alpha value is -1.23. The molecule has 1 aromatic rings. The van der Waals surface area contributed by atoms with E-state index >= 15 is 0 Å². The van der Waals surface area contributed by atoms with E-state index < -0.39 is 0 Å². The molecule has 0 bridgehead atoms. The molecule has 2 N–H and O–H groups in total. The maximum absolute atomic E-state index is 10.7. The third-order valence-corrected chi connectivity index (χ3v) is 1.10. The van der Waals surface area contributed by atoms with Gasteiger partial charge in [0.25, 0.3) is 5.56 Å². The van der Waals surface area contributed by atoms with Gasteiger partial charge in [0.1, 0.15) is 0 Å². The molecule has 54 valence electrons. The molecule has 1 heterocycles. The second-order valence-electron chi connectivity index (χ2n) is 1.78. The van der Waals surface area contributed by atoms with E-state index in [0.717, 1.165) is 0 Å². The molecule has 0 unspecified atom stereocenters. The summed E-state index contributed by atoms with van der Waals surface area (Å²) in [5.74, 6) is 0. The number of nitrogens with zero attached hydrogens (tertiary/aromatic N) is 2. The van der Waals surface area contributed by atoms with Crippen molar-refractivity contribution >= 4 is 0 Å². The van der Waals surface area contributed by atoms with Gasteiger partial charge in [-0.3, -0.25) is 4.79 Å². The van der Waals surface area contributed by atoms with Gasteiger partial charge in [-0.05, 0) is 0 Å². The van der Waals surface area contributed by atoms with Crippen molar-refractivity contribution in [3.63, 3.8) is 0 Å². The SMILES string of the molecule is O=c1[nH]nncc1CCO. The van der Waals surface area contributed by atoms with Gasteiger partial charge >= 0.3 is 0 Å². The zero-order valence-electron chi connectivity index (χ0n) is 5.24. The summed E-state index contributed by atoms with van der Waals surface area (Å²) in [5.41, 5.74) is 0.168. The van der Waals surface area contributed by atoms with Crippen molar-refractivity contribution in [3.8, 4) is 0 Å². The van der Waals surface area contributed by atoms with E-state index in [1.807, 2.05) is 0 Å². The second kappa shape index (κ2) is 3.07. The first-order chi connectivity index (χ1) is 4.84. The van der Waals surface area contributed by atoms with Crippen LogP contribution in [0.15, 0.2) is 11.0 Å². The van der Waals surface area contributed by atoms with Crippen molar-refractivity contribution in [1.82, 2.24) is 15.4 Å². The summed E-state index contributed by atoms with van der Waals surface area (Å²) in [6.07, 6.45) is 1.67. The molecule has 0 spiro atoms. The van der Waals surface area contributed by atoms with Crippen LogP contribution < -0.4 is 5.56 Å². The van der Waals surface area contributed by atoms with Crippen LogP contribution in [0.5, 0.6) is 0 Å². The summed E-state index contributed by atoms with van der Waals surface area (Å²) in [4.78, 5) is 10.7. The summed E-state index contributed by atoms with van der Waals surface area (Å²) in [7, 11) is 0. The molecule has 5 nitrogen and oxygen atoms in total. The van der Waals surface area contributed by atoms with Crippen molar-refractivity contribution in [2.24, 2.45) is 0 Å². The summed E-state index contributed by atoms with van der Waals surface area (Å²) >= 11 is 0. The third kappa shape index (κ3) is 1.38. The van der Waals surface area contributed by atoms with Gasteiger partial charge in [0.05, 0.1) is 6.20 Å². The Balaban J connectivity index is 2.92. The Bertz CT molecular complexity index is 257. The Morgan fingerprint density at radius 1 is 1.70 bits per heavy atom. The maximum Gasteiger partial charge on any atom is 0.270 e. The number of H-pyrrole nitrogens is 1. The minimum Gasteiger partial charge on any atom is -0.396 e. The molecule has 0 fully saturated rings. The molecule has 0 aliphatic carbocycles. The summed E-state index contributed by atoms with van der Waals surface area (Å²) < 4.78 is 0. The highest BCUT2D eigenvalue weighted by Gasteiger charge is 1.96. The lowest BCUT2D eigenvalue weighted by atomic mass is 10.3. The molecular weight excluding hydrogens is 134 g/mol. The van der Waals surface area contributed by atoms with Gasteiger partial charge < -0.3 is 5.11 Å². The first-order valence-electron chi connectivity index (χ1n) is 2.84. The quantitative estimate of drug-likeness (QED) is 0.536. The molecule has 0 aliphatic heterocycles. The van der Waals surface area contributed by atoms with Gasteiger partial charge in [-0.25, -0.2) is 5.10 Å². The smallest absolute Gasteiger partial charge is 0.270 e. The minimum absolute atomic E-state index is 0.0469. The Morgan fingerprint density at radius 3 is 3.10 bits per heavy atom. The molecule has 0 aromatic carbocycles. The maximum atomic E-state index is 10.7. The number of nitrogens with one attached hydrogen (secondary N) is 1. The molecule has 5 heteroatoms. The zero-order chi connectivity index (χ0) is 7.40. The highest BCUT2D eigenvalue weighted by Crippen LogP contribution is 1.83. The minimum atomic E-state index is -0.288. The third-order valence-electron chi connectivity index (χ3n) is 1.10. The Morgan fingerprint density at radius 2 is 2.50 bits per heavy atom. The van der Waals surface area contributed by atoms with Gasteiger partial charge in [-0.1, -0.05) is 5.21 Å². The summed E-state index contributed by atoms with van der Waals surface area (Å²) in [6.45, 7) is -0.0469. The van der Waals surface area contributed by atoms with Crippen molar-refractivity contribution < 1.29 is 5.11 Å². The molecule has 0 saturated heterocycles. The van der Waals surface area contributed by atoms with E-state index in [1.165, 1.54) is 6.20 Å². The van der Waals surface area contributed by atoms with Crippen LogP contribution in [0.3, 0.4) is 0 Å². The molecule has 10 heavy (non-hydrogen) atoms. The molecule has 1 aromatic heterocycles. The normalized spacial score (nSPS) is 9.70. The van der Waals surface area contributed by atoms with E-state index in [9.17, 15) is 4.79 Å². The molecule has 1 rings (SSSR count). The summed E-state index contributed by atoms with van der Waals surface area (Å²) in [6, 6.07) is 0. The lowest BCUT2D eigenvalue weighted by Crippen LogP contribution is -2.15. The Kier molecular flexibility index (Phi) is 2.11. The standard InChI is InChI=1S/C5H7N3O2/c9-2-1-4-3-6-8-7-5(4)10/h3,9H,1-2H2,(H,6,7,10). The number of aliphatic hydroxyl groups is 1. The highest BCUT2D eigenvalue weighted by atomic mass is 16.3. The fourth-order valence-corrected chi connectivity index (χ4v) is 0.602. The van der Waals surface area contributed by atoms with Gasteiger partial charge in [0.2, 0.25) is 0 Å². The van der Waals surface area contributed by atoms with E-state index in [2.05, 4.69) is 15.4 Å². The summed E-state index contributed by atoms with van der Waals surface area (Å²) in [5, 5.41) is 17.3. The molecule has 0 saturated carbocycles. The van der Waals surface area contributed by atoms with Crippen LogP contribution in [0, 0.1) is 0 Å². The number of rotatable bonds is 2. The number of aromatic amines is 1. The van der Waals surface area contributed by atoms with Crippen LogP contribution in [-0.4, -0.2) is 27.1 Å². The number of aliphatic hydroxyl groups excluding tert-OH is 1. The van der Waals surface area contributed by atoms with Crippen LogP contribution >= 0.6 is 0 Å². The fraction of sp³-hybridized carbons (Fsp3) is 0.400. The lowest BCUT2D eigenvalue weighted by molar-refractivity contribution is 0.298. The van der Waals surface area contributed by atoms with E-state index in [1.54, 1.807) is 0 Å².